The molecule has 27 heavy (non-hydrogen) atoms. The van der Waals surface area contributed by atoms with Gasteiger partial charge in [0.05, 0.1) is 18.9 Å². The summed E-state index contributed by atoms with van der Waals surface area (Å²) in [6.45, 7) is 11.1. The molecule has 4 heteroatoms. The van der Waals surface area contributed by atoms with E-state index in [1.165, 1.54) is 5.56 Å². The van der Waals surface area contributed by atoms with Crippen molar-refractivity contribution >= 4 is 11.6 Å². The number of nitrogens with one attached hydrogen (secondary N) is 1. The fourth-order valence-electron chi connectivity index (χ4n) is 2.82. The first-order chi connectivity index (χ1) is 12.8. The minimum Gasteiger partial charge on any atom is -0.493 e. The van der Waals surface area contributed by atoms with Gasteiger partial charge in [0.15, 0.2) is 0 Å². The van der Waals surface area contributed by atoms with E-state index in [-0.39, 0.29) is 5.91 Å². The monoisotopic (exact) mass is 369 g/mol. The van der Waals surface area contributed by atoms with Crippen LogP contribution in [-0.2, 0) is 4.79 Å². The van der Waals surface area contributed by atoms with Crippen molar-refractivity contribution in [2.75, 3.05) is 18.5 Å². The molecule has 2 aromatic rings. The third kappa shape index (κ3) is 6.02. The number of hydrogen-bond acceptors (Lipinski definition) is 3. The van der Waals surface area contributed by atoms with Crippen molar-refractivity contribution in [1.29, 1.82) is 0 Å². The summed E-state index contributed by atoms with van der Waals surface area (Å²) in [4.78, 5) is 12.7. The molecule has 0 unspecified atom stereocenters. The zero-order valence-corrected chi connectivity index (χ0v) is 17.1. The van der Waals surface area contributed by atoms with Crippen LogP contribution >= 0.6 is 0 Å². The van der Waals surface area contributed by atoms with Crippen LogP contribution in [0.1, 0.15) is 44.7 Å². The Morgan fingerprint density at radius 2 is 1.78 bits per heavy atom. The van der Waals surface area contributed by atoms with Gasteiger partial charge in [-0.2, -0.15) is 0 Å². The van der Waals surface area contributed by atoms with E-state index in [1.807, 2.05) is 52.0 Å². The first kappa shape index (κ1) is 20.8. The normalized spacial score (nSPS) is 11.1. The molecule has 0 aliphatic heterocycles. The van der Waals surface area contributed by atoms with Crippen molar-refractivity contribution in [3.8, 4) is 11.5 Å². The maximum Gasteiger partial charge on any atom is 0.230 e. The molecule has 0 fully saturated rings. The van der Waals surface area contributed by atoms with E-state index < -0.39 is 5.41 Å². The van der Waals surface area contributed by atoms with Crippen molar-refractivity contribution in [2.45, 2.75) is 47.5 Å². The van der Waals surface area contributed by atoms with Crippen LogP contribution in [0, 0.1) is 19.3 Å². The predicted octanol–water partition coefficient (Wildman–Crippen LogP) is 5.53. The lowest BCUT2D eigenvalue weighted by molar-refractivity contribution is -0.124. The summed E-state index contributed by atoms with van der Waals surface area (Å²) in [5.74, 6) is 1.60. The number of carbonyl (C=O) groups excluding carboxylic acids is 1. The van der Waals surface area contributed by atoms with Crippen LogP contribution < -0.4 is 14.8 Å². The van der Waals surface area contributed by atoms with Gasteiger partial charge in [0, 0.05) is 5.41 Å². The molecule has 0 saturated heterocycles. The van der Waals surface area contributed by atoms with Crippen LogP contribution in [0.25, 0.3) is 0 Å². The summed E-state index contributed by atoms with van der Waals surface area (Å²) in [5.41, 5.74) is 2.53. The van der Waals surface area contributed by atoms with Crippen LogP contribution in [0.5, 0.6) is 11.5 Å². The molecule has 4 nitrogen and oxygen atoms in total. The average molecular weight is 370 g/mol. The average Bonchev–Trinajstić information content (AvgIpc) is 2.63. The Morgan fingerprint density at radius 1 is 1.04 bits per heavy atom. The lowest BCUT2D eigenvalue weighted by Gasteiger charge is -2.24. The van der Waals surface area contributed by atoms with Gasteiger partial charge in [0.25, 0.3) is 0 Å². The van der Waals surface area contributed by atoms with Crippen molar-refractivity contribution in [1.82, 2.24) is 0 Å². The number of rotatable bonds is 9. The third-order valence-corrected chi connectivity index (χ3v) is 4.60. The number of aryl methyl sites for hydroxylation is 2. The Balaban J connectivity index is 1.88. The first-order valence-electron chi connectivity index (χ1n) is 9.57. The number of para-hydroxylation sites is 2. The lowest BCUT2D eigenvalue weighted by Crippen LogP contribution is -2.31. The van der Waals surface area contributed by atoms with Gasteiger partial charge in [-0.15, -0.1) is 0 Å². The van der Waals surface area contributed by atoms with Crippen LogP contribution in [0.4, 0.5) is 5.69 Å². The van der Waals surface area contributed by atoms with Crippen LogP contribution in [0.3, 0.4) is 0 Å². The highest BCUT2D eigenvalue weighted by atomic mass is 16.5. The fraction of sp³-hybridized carbons (Fsp3) is 0.435. The van der Waals surface area contributed by atoms with E-state index in [9.17, 15) is 4.79 Å². The molecule has 0 aromatic heterocycles. The molecule has 0 bridgehead atoms. The van der Waals surface area contributed by atoms with E-state index in [0.29, 0.717) is 24.7 Å². The van der Waals surface area contributed by atoms with Crippen LogP contribution in [-0.4, -0.2) is 19.1 Å². The largest absolute Gasteiger partial charge is 0.493 e. The molecule has 0 spiro atoms. The predicted molar refractivity (Wildman–Crippen MR) is 111 cm³/mol. The summed E-state index contributed by atoms with van der Waals surface area (Å²) in [6.07, 6.45) is 1.54. The van der Waals surface area contributed by atoms with Gasteiger partial charge in [-0.1, -0.05) is 38.1 Å². The maximum absolute atomic E-state index is 12.7. The van der Waals surface area contributed by atoms with Gasteiger partial charge in [-0.05, 0) is 62.9 Å². The molecule has 0 radical (unpaired) electrons. The molecule has 0 aliphatic rings. The third-order valence-electron chi connectivity index (χ3n) is 4.60. The second kappa shape index (κ2) is 9.45. The van der Waals surface area contributed by atoms with Gasteiger partial charge >= 0.3 is 0 Å². The van der Waals surface area contributed by atoms with Crippen molar-refractivity contribution in [3.05, 3.63) is 53.6 Å². The highest BCUT2D eigenvalue weighted by Crippen LogP contribution is 2.29. The zero-order chi connectivity index (χ0) is 19.9. The topological polar surface area (TPSA) is 47.6 Å². The number of amides is 1. The minimum absolute atomic E-state index is 0.0126. The summed E-state index contributed by atoms with van der Waals surface area (Å²) in [7, 11) is 0. The maximum atomic E-state index is 12.7. The first-order valence-corrected chi connectivity index (χ1v) is 9.57. The van der Waals surface area contributed by atoms with Gasteiger partial charge in [0.2, 0.25) is 5.91 Å². The molecule has 0 aliphatic carbocycles. The Kier molecular flexibility index (Phi) is 7.28. The minimum atomic E-state index is -0.496. The number of carbonyl (C=O) groups is 1. The van der Waals surface area contributed by atoms with Crippen LogP contribution in [0.2, 0.25) is 0 Å². The standard InChI is InChI=1S/C23H31NO3/c1-6-26-20-11-8-7-10-19(20)24-22(25)23(4,5)14-9-15-27-21-16-17(2)12-13-18(21)3/h7-8,10-13,16H,6,9,14-15H2,1-5H3,(H,24,25). The Labute approximate surface area is 162 Å². The van der Waals surface area contributed by atoms with Crippen molar-refractivity contribution < 1.29 is 14.3 Å². The SMILES string of the molecule is CCOc1ccccc1NC(=O)C(C)(C)CCCOc1cc(C)ccc1C. The smallest absolute Gasteiger partial charge is 0.230 e. The second-order valence-corrected chi connectivity index (χ2v) is 7.49. The molecular weight excluding hydrogens is 338 g/mol. The van der Waals surface area contributed by atoms with Crippen molar-refractivity contribution in [2.24, 2.45) is 5.41 Å². The van der Waals surface area contributed by atoms with Crippen molar-refractivity contribution in [3.63, 3.8) is 0 Å². The lowest BCUT2D eigenvalue weighted by atomic mass is 9.87. The van der Waals surface area contributed by atoms with E-state index in [2.05, 4.69) is 30.4 Å². The second-order valence-electron chi connectivity index (χ2n) is 7.49. The van der Waals surface area contributed by atoms with E-state index in [0.717, 1.165) is 24.2 Å². The molecular formula is C23H31NO3. The molecule has 146 valence electrons. The van der Waals surface area contributed by atoms with E-state index in [4.69, 9.17) is 9.47 Å². The fourth-order valence-corrected chi connectivity index (χ4v) is 2.82. The molecule has 2 rings (SSSR count). The molecule has 0 atom stereocenters. The Bertz CT molecular complexity index is 768. The quantitative estimate of drug-likeness (QED) is 0.592. The Hall–Kier alpha value is -2.49. The van der Waals surface area contributed by atoms with Crippen LogP contribution in [0.15, 0.2) is 42.5 Å². The number of ether oxygens (including phenoxy) is 2. The summed E-state index contributed by atoms with van der Waals surface area (Å²) in [5, 5.41) is 3.01. The Morgan fingerprint density at radius 3 is 2.52 bits per heavy atom. The summed E-state index contributed by atoms with van der Waals surface area (Å²) >= 11 is 0. The molecule has 2 aromatic carbocycles. The molecule has 1 amide bonds. The molecule has 0 heterocycles. The highest BCUT2D eigenvalue weighted by molar-refractivity contribution is 5.96. The van der Waals surface area contributed by atoms with Gasteiger partial charge in [0.1, 0.15) is 11.5 Å². The number of hydrogen-bond donors (Lipinski definition) is 1. The van der Waals surface area contributed by atoms with Gasteiger partial charge < -0.3 is 14.8 Å². The van der Waals surface area contributed by atoms with E-state index >= 15 is 0 Å². The molecule has 1 N–H and O–H groups in total. The summed E-state index contributed by atoms with van der Waals surface area (Å²) < 4.78 is 11.5. The van der Waals surface area contributed by atoms with Gasteiger partial charge in [-0.25, -0.2) is 0 Å². The number of anilines is 1. The number of benzene rings is 2. The summed E-state index contributed by atoms with van der Waals surface area (Å²) in [6, 6.07) is 13.7. The zero-order valence-electron chi connectivity index (χ0n) is 17.1. The highest BCUT2D eigenvalue weighted by Gasteiger charge is 2.27. The van der Waals surface area contributed by atoms with Gasteiger partial charge in [-0.3, -0.25) is 4.79 Å². The molecule has 0 saturated carbocycles. The van der Waals surface area contributed by atoms with E-state index in [1.54, 1.807) is 0 Å².